The Morgan fingerprint density at radius 3 is 2.63 bits per heavy atom. The van der Waals surface area contributed by atoms with Crippen molar-refractivity contribution in [3.05, 3.63) is 76.8 Å². The number of nitrogen functional groups attached to an aromatic ring is 1. The number of nitrogens with one attached hydrogen (secondary N) is 2. The Morgan fingerprint density at radius 2 is 1.91 bits per heavy atom. The number of nitrogens with two attached hydrogens (primary N) is 1. The van der Waals surface area contributed by atoms with Gasteiger partial charge in [-0.1, -0.05) is 41.9 Å². The first-order valence-corrected chi connectivity index (χ1v) is 12.0. The maximum Gasteiger partial charge on any atom is 0.139 e. The summed E-state index contributed by atoms with van der Waals surface area (Å²) in [6, 6.07) is 18.7. The first kappa shape index (κ1) is 23.1. The van der Waals surface area contributed by atoms with Gasteiger partial charge in [0.1, 0.15) is 17.4 Å². The lowest BCUT2D eigenvalue weighted by molar-refractivity contribution is -0.120. The zero-order valence-electron chi connectivity index (χ0n) is 19.1. The number of halogens is 1. The molecule has 0 bridgehead atoms. The van der Waals surface area contributed by atoms with E-state index >= 15 is 0 Å². The number of hydrogen-bond acceptors (Lipinski definition) is 4. The van der Waals surface area contributed by atoms with Crippen LogP contribution in [0.4, 0.5) is 0 Å². The maximum atomic E-state index is 12.8. The molecule has 1 aliphatic rings. The fourth-order valence-corrected chi connectivity index (χ4v) is 4.97. The lowest BCUT2D eigenvalue weighted by Gasteiger charge is -2.14. The number of rotatable bonds is 7. The van der Waals surface area contributed by atoms with Crippen LogP contribution in [0.15, 0.2) is 60.7 Å². The largest absolute Gasteiger partial charge is 0.507 e. The second-order valence-electron chi connectivity index (χ2n) is 8.98. The van der Waals surface area contributed by atoms with Crippen LogP contribution < -0.4 is 5.73 Å². The average molecular weight is 488 g/mol. The number of carbonyl (C=O) groups excluding carboxylic acids is 1. The van der Waals surface area contributed by atoms with E-state index in [0.717, 1.165) is 41.5 Å². The van der Waals surface area contributed by atoms with Crippen molar-refractivity contribution in [1.29, 1.82) is 5.41 Å². The SMILES string of the molecule is N=C(N)c1cc2cc(-c3cc(CC(=O)CC4CCCO4)cc(-c4ccccc4)c3O)[nH]c2cc1Cl. The quantitative estimate of drug-likeness (QED) is 0.194. The van der Waals surface area contributed by atoms with Crippen LogP contribution in [0.3, 0.4) is 0 Å². The Morgan fingerprint density at radius 1 is 1.14 bits per heavy atom. The van der Waals surface area contributed by atoms with E-state index in [0.29, 0.717) is 33.8 Å². The molecule has 6 nitrogen and oxygen atoms in total. The highest BCUT2D eigenvalue weighted by atomic mass is 35.5. The highest BCUT2D eigenvalue weighted by Crippen LogP contribution is 2.40. The van der Waals surface area contributed by atoms with Crippen molar-refractivity contribution in [2.24, 2.45) is 5.73 Å². The molecule has 1 unspecified atom stereocenters. The molecule has 1 aromatic heterocycles. The predicted octanol–water partition coefficient (Wildman–Crippen LogP) is 5.83. The molecule has 0 amide bonds. The summed E-state index contributed by atoms with van der Waals surface area (Å²) in [5.74, 6) is 0.124. The van der Waals surface area contributed by atoms with Crippen LogP contribution in [0.25, 0.3) is 33.3 Å². The van der Waals surface area contributed by atoms with E-state index in [1.165, 1.54) is 0 Å². The molecule has 1 aliphatic heterocycles. The number of ether oxygens (including phenoxy) is 1. The zero-order chi connectivity index (χ0) is 24.5. The molecule has 0 saturated carbocycles. The minimum atomic E-state index is -0.111. The molecule has 35 heavy (non-hydrogen) atoms. The number of Topliss-reactive ketones (excluding diaryl/α,β-unsaturated/α-hetero) is 1. The number of hydrogen-bond donors (Lipinski definition) is 4. The summed E-state index contributed by atoms with van der Waals surface area (Å²) in [6.45, 7) is 0.717. The van der Waals surface area contributed by atoms with E-state index in [9.17, 15) is 9.90 Å². The van der Waals surface area contributed by atoms with Gasteiger partial charge >= 0.3 is 0 Å². The van der Waals surface area contributed by atoms with E-state index < -0.39 is 0 Å². The van der Waals surface area contributed by atoms with Crippen molar-refractivity contribution >= 4 is 34.1 Å². The van der Waals surface area contributed by atoms with Crippen molar-refractivity contribution in [3.8, 4) is 28.1 Å². The average Bonchev–Trinajstić information content (AvgIpc) is 3.49. The van der Waals surface area contributed by atoms with Crippen LogP contribution in [-0.2, 0) is 16.0 Å². The van der Waals surface area contributed by atoms with Gasteiger partial charge in [-0.05, 0) is 54.3 Å². The smallest absolute Gasteiger partial charge is 0.139 e. The molecule has 7 heteroatoms. The zero-order valence-corrected chi connectivity index (χ0v) is 19.9. The third kappa shape index (κ3) is 4.81. The first-order chi connectivity index (χ1) is 16.9. The Bertz CT molecular complexity index is 1420. The molecule has 178 valence electrons. The molecule has 5 N–H and O–H groups in total. The van der Waals surface area contributed by atoms with Crippen molar-refractivity contribution in [3.63, 3.8) is 0 Å². The summed E-state index contributed by atoms with van der Waals surface area (Å²) in [6.07, 6.45) is 2.57. The van der Waals surface area contributed by atoms with Gasteiger partial charge in [0, 0.05) is 47.0 Å². The molecule has 3 aromatic carbocycles. The van der Waals surface area contributed by atoms with Crippen LogP contribution in [0.2, 0.25) is 5.02 Å². The van der Waals surface area contributed by atoms with Gasteiger partial charge in [-0.3, -0.25) is 10.2 Å². The Labute approximate surface area is 208 Å². The number of H-pyrrole nitrogens is 1. The molecule has 0 radical (unpaired) electrons. The Hall–Kier alpha value is -3.61. The number of phenolic OH excluding ortho intramolecular Hbond substituents is 1. The van der Waals surface area contributed by atoms with Crippen LogP contribution in [-0.4, -0.2) is 34.4 Å². The monoisotopic (exact) mass is 487 g/mol. The summed E-state index contributed by atoms with van der Waals surface area (Å²) < 4.78 is 5.64. The Balaban J connectivity index is 1.58. The van der Waals surface area contributed by atoms with E-state index in [4.69, 9.17) is 27.5 Å². The standard InChI is InChI=1S/C28H26ClN3O3/c29-24-15-25-18(12-22(24)28(30)31)13-26(32-25)23-11-16(9-19(33)14-20-7-4-8-35-20)10-21(27(23)34)17-5-2-1-3-6-17/h1-3,5-6,10-13,15,20,32,34H,4,7-9,14H2,(H3,30,31). The molecule has 0 aliphatic carbocycles. The Kier molecular flexibility index (Phi) is 6.32. The number of carbonyl (C=O) groups is 1. The van der Waals surface area contributed by atoms with Crippen LogP contribution in [0.1, 0.15) is 30.4 Å². The summed E-state index contributed by atoms with van der Waals surface area (Å²) in [4.78, 5) is 16.1. The summed E-state index contributed by atoms with van der Waals surface area (Å²) in [5, 5.41) is 20.2. The summed E-state index contributed by atoms with van der Waals surface area (Å²) in [5.41, 5.74) is 10.5. The van der Waals surface area contributed by atoms with E-state index in [1.807, 2.05) is 48.5 Å². The van der Waals surface area contributed by atoms with Crippen molar-refractivity contribution < 1.29 is 14.6 Å². The van der Waals surface area contributed by atoms with Gasteiger partial charge in [0.25, 0.3) is 0 Å². The molecule has 0 spiro atoms. The lowest BCUT2D eigenvalue weighted by Crippen LogP contribution is -2.14. The normalized spacial score (nSPS) is 15.5. The maximum absolute atomic E-state index is 12.8. The molecule has 4 aromatic rings. The molecule has 1 saturated heterocycles. The van der Waals surface area contributed by atoms with Gasteiger partial charge in [0.05, 0.1) is 16.8 Å². The molecule has 2 heterocycles. The minimum Gasteiger partial charge on any atom is -0.507 e. The van der Waals surface area contributed by atoms with Crippen LogP contribution in [0.5, 0.6) is 5.75 Å². The number of benzene rings is 3. The highest BCUT2D eigenvalue weighted by Gasteiger charge is 2.21. The van der Waals surface area contributed by atoms with Crippen LogP contribution >= 0.6 is 11.6 Å². The topological polar surface area (TPSA) is 112 Å². The van der Waals surface area contributed by atoms with Crippen molar-refractivity contribution in [2.75, 3.05) is 6.61 Å². The molecule has 5 rings (SSSR count). The summed E-state index contributed by atoms with van der Waals surface area (Å²) >= 11 is 6.30. The summed E-state index contributed by atoms with van der Waals surface area (Å²) in [7, 11) is 0. The molecule has 1 fully saturated rings. The van der Waals surface area contributed by atoms with Gasteiger partial charge in [-0.15, -0.1) is 0 Å². The van der Waals surface area contributed by atoms with E-state index in [2.05, 4.69) is 4.98 Å². The first-order valence-electron chi connectivity index (χ1n) is 11.6. The fourth-order valence-electron chi connectivity index (χ4n) is 4.70. The number of aromatic nitrogens is 1. The third-order valence-corrected chi connectivity index (χ3v) is 6.74. The second kappa shape index (κ2) is 9.56. The number of aromatic hydroxyl groups is 1. The van der Waals surface area contributed by atoms with Gasteiger partial charge in [-0.2, -0.15) is 0 Å². The number of amidine groups is 1. The van der Waals surface area contributed by atoms with E-state index in [-0.39, 0.29) is 29.9 Å². The van der Waals surface area contributed by atoms with E-state index in [1.54, 1.807) is 12.1 Å². The highest BCUT2D eigenvalue weighted by molar-refractivity contribution is 6.34. The third-order valence-electron chi connectivity index (χ3n) is 6.42. The predicted molar refractivity (Wildman–Crippen MR) is 139 cm³/mol. The van der Waals surface area contributed by atoms with Gasteiger partial charge < -0.3 is 20.6 Å². The van der Waals surface area contributed by atoms with Gasteiger partial charge in [0.2, 0.25) is 0 Å². The lowest BCUT2D eigenvalue weighted by atomic mass is 9.94. The van der Waals surface area contributed by atoms with Crippen molar-refractivity contribution in [2.45, 2.75) is 31.8 Å². The van der Waals surface area contributed by atoms with Gasteiger partial charge in [-0.25, -0.2) is 0 Å². The van der Waals surface area contributed by atoms with Crippen molar-refractivity contribution in [1.82, 2.24) is 4.98 Å². The molecule has 1 atom stereocenters. The molecular formula is C28H26ClN3O3. The molecular weight excluding hydrogens is 462 g/mol. The fraction of sp³-hybridized carbons (Fsp3) is 0.214. The number of aromatic amines is 1. The van der Waals surface area contributed by atoms with Crippen LogP contribution in [0, 0.1) is 5.41 Å². The minimum absolute atomic E-state index is 0.00149. The number of phenols is 1. The second-order valence-corrected chi connectivity index (χ2v) is 9.38. The number of fused-ring (bicyclic) bond motifs is 1. The number of ketones is 1. The van der Waals surface area contributed by atoms with Gasteiger partial charge in [0.15, 0.2) is 0 Å².